The number of aliphatic carboxylic acids is 1. The van der Waals surface area contributed by atoms with Crippen LogP contribution in [-0.4, -0.2) is 59.9 Å². The van der Waals surface area contributed by atoms with Crippen molar-refractivity contribution in [1.29, 1.82) is 0 Å². The third kappa shape index (κ3) is 3.41. The van der Waals surface area contributed by atoms with Crippen molar-refractivity contribution in [1.82, 2.24) is 10.2 Å². The van der Waals surface area contributed by atoms with Crippen LogP contribution in [-0.2, 0) is 9.53 Å². The van der Waals surface area contributed by atoms with Crippen LogP contribution in [0.25, 0.3) is 0 Å². The lowest BCUT2D eigenvalue weighted by atomic mass is 9.84. The topological polar surface area (TPSA) is 61.8 Å². The Morgan fingerprint density at radius 3 is 2.90 bits per heavy atom. The van der Waals surface area contributed by atoms with Gasteiger partial charge in [0.15, 0.2) is 0 Å². The van der Waals surface area contributed by atoms with Crippen molar-refractivity contribution in [3.8, 4) is 0 Å². The predicted molar refractivity (Wildman–Crippen MR) is 80.3 cm³/mol. The molecule has 2 saturated carbocycles. The number of morpholine rings is 1. The molecule has 3 rings (SSSR count). The number of nitrogens with zero attached hydrogens (tertiary/aromatic N) is 1. The summed E-state index contributed by atoms with van der Waals surface area (Å²) in [5.41, 5.74) is -0.654. The van der Waals surface area contributed by atoms with Gasteiger partial charge in [0.1, 0.15) is 5.54 Å². The van der Waals surface area contributed by atoms with Gasteiger partial charge in [-0.2, -0.15) is 0 Å². The standard InChI is InChI=1S/C16H28N2O3/c1-12-11-18(9-10-21-12)8-6-13-3-2-7-16(13,15(19)20)17-14-4-5-14/h12-14,17H,2-11H2,1H3,(H,19,20). The van der Waals surface area contributed by atoms with Gasteiger partial charge in [-0.15, -0.1) is 0 Å². The van der Waals surface area contributed by atoms with Gasteiger partial charge in [0.05, 0.1) is 12.7 Å². The molecule has 1 saturated heterocycles. The van der Waals surface area contributed by atoms with Crippen LogP contribution >= 0.6 is 0 Å². The molecule has 2 aliphatic carbocycles. The van der Waals surface area contributed by atoms with Crippen LogP contribution in [0.1, 0.15) is 45.4 Å². The van der Waals surface area contributed by atoms with Crippen LogP contribution in [0.15, 0.2) is 0 Å². The molecule has 2 N–H and O–H groups in total. The van der Waals surface area contributed by atoms with Crippen molar-refractivity contribution in [2.75, 3.05) is 26.2 Å². The van der Waals surface area contributed by atoms with Gasteiger partial charge in [0.25, 0.3) is 0 Å². The monoisotopic (exact) mass is 296 g/mol. The van der Waals surface area contributed by atoms with Crippen LogP contribution in [0.4, 0.5) is 0 Å². The largest absolute Gasteiger partial charge is 0.480 e. The second-order valence-electron chi connectivity index (χ2n) is 7.05. The first-order chi connectivity index (χ1) is 10.1. The highest BCUT2D eigenvalue weighted by Gasteiger charge is 2.51. The summed E-state index contributed by atoms with van der Waals surface area (Å²) in [5.74, 6) is -0.360. The highest BCUT2D eigenvalue weighted by Crippen LogP contribution is 2.40. The average molecular weight is 296 g/mol. The van der Waals surface area contributed by atoms with Gasteiger partial charge in [0.2, 0.25) is 0 Å². The highest BCUT2D eigenvalue weighted by atomic mass is 16.5. The van der Waals surface area contributed by atoms with E-state index >= 15 is 0 Å². The van der Waals surface area contributed by atoms with E-state index in [0.717, 1.165) is 64.8 Å². The predicted octanol–water partition coefficient (Wildman–Crippen LogP) is 1.47. The molecule has 3 unspecified atom stereocenters. The fourth-order valence-corrected chi connectivity index (χ4v) is 4.03. The average Bonchev–Trinajstić information content (AvgIpc) is 3.15. The molecule has 0 bridgehead atoms. The summed E-state index contributed by atoms with van der Waals surface area (Å²) in [6.45, 7) is 5.87. The maximum Gasteiger partial charge on any atom is 0.324 e. The zero-order valence-electron chi connectivity index (χ0n) is 13.0. The number of hydrogen-bond donors (Lipinski definition) is 2. The van der Waals surface area contributed by atoms with Gasteiger partial charge >= 0.3 is 5.97 Å². The number of rotatable bonds is 6. The van der Waals surface area contributed by atoms with Crippen molar-refractivity contribution in [2.45, 2.75) is 63.1 Å². The van der Waals surface area contributed by atoms with E-state index in [9.17, 15) is 9.90 Å². The van der Waals surface area contributed by atoms with E-state index in [-0.39, 0.29) is 5.92 Å². The first-order valence-corrected chi connectivity index (χ1v) is 8.45. The van der Waals surface area contributed by atoms with Crippen LogP contribution in [0.5, 0.6) is 0 Å². The minimum Gasteiger partial charge on any atom is -0.480 e. The number of hydrogen-bond acceptors (Lipinski definition) is 4. The molecule has 0 aromatic heterocycles. The molecule has 120 valence electrons. The zero-order chi connectivity index (χ0) is 14.9. The first kappa shape index (κ1) is 15.3. The molecule has 3 aliphatic rings. The van der Waals surface area contributed by atoms with Crippen molar-refractivity contribution in [3.63, 3.8) is 0 Å². The van der Waals surface area contributed by atoms with E-state index in [1.54, 1.807) is 0 Å². The molecule has 0 aromatic carbocycles. The summed E-state index contributed by atoms with van der Waals surface area (Å²) in [4.78, 5) is 14.3. The zero-order valence-corrected chi connectivity index (χ0v) is 13.0. The number of carbonyl (C=O) groups is 1. The molecular formula is C16H28N2O3. The third-order valence-electron chi connectivity index (χ3n) is 5.36. The number of carboxylic acid groups (broad SMARTS) is 1. The van der Waals surface area contributed by atoms with Crippen molar-refractivity contribution in [3.05, 3.63) is 0 Å². The van der Waals surface area contributed by atoms with Crippen molar-refractivity contribution >= 4 is 5.97 Å². The summed E-state index contributed by atoms with van der Waals surface area (Å²) >= 11 is 0. The van der Waals surface area contributed by atoms with E-state index < -0.39 is 11.5 Å². The summed E-state index contributed by atoms with van der Waals surface area (Å²) in [6, 6.07) is 0.449. The van der Waals surface area contributed by atoms with E-state index in [1.807, 2.05) is 0 Å². The molecule has 0 aromatic rings. The number of ether oxygens (including phenoxy) is 1. The lowest BCUT2D eigenvalue weighted by molar-refractivity contribution is -0.147. The maximum atomic E-state index is 11.9. The molecule has 1 heterocycles. The Balaban J connectivity index is 1.58. The Morgan fingerprint density at radius 2 is 2.24 bits per heavy atom. The van der Waals surface area contributed by atoms with Gasteiger partial charge in [-0.25, -0.2) is 0 Å². The second-order valence-corrected chi connectivity index (χ2v) is 7.05. The summed E-state index contributed by atoms with van der Waals surface area (Å²) < 4.78 is 5.57. The number of nitrogens with one attached hydrogen (secondary N) is 1. The first-order valence-electron chi connectivity index (χ1n) is 8.45. The maximum absolute atomic E-state index is 11.9. The van der Waals surface area contributed by atoms with E-state index in [2.05, 4.69) is 17.1 Å². The van der Waals surface area contributed by atoms with Gasteiger partial charge in [0, 0.05) is 19.1 Å². The summed E-state index contributed by atoms with van der Waals surface area (Å²) in [5, 5.41) is 13.3. The molecule has 5 nitrogen and oxygen atoms in total. The Labute approximate surface area is 127 Å². The van der Waals surface area contributed by atoms with E-state index in [1.165, 1.54) is 0 Å². The van der Waals surface area contributed by atoms with Crippen LogP contribution < -0.4 is 5.32 Å². The molecule has 0 spiro atoms. The fourth-order valence-electron chi connectivity index (χ4n) is 4.03. The SMILES string of the molecule is CC1CN(CCC2CCCC2(NC2CC2)C(=O)O)CCO1. The quantitative estimate of drug-likeness (QED) is 0.777. The minimum atomic E-state index is -0.654. The Kier molecular flexibility index (Phi) is 4.52. The van der Waals surface area contributed by atoms with Crippen molar-refractivity contribution in [2.24, 2.45) is 5.92 Å². The molecule has 21 heavy (non-hydrogen) atoms. The molecule has 0 radical (unpaired) electrons. The minimum absolute atomic E-state index is 0.272. The van der Waals surface area contributed by atoms with Gasteiger partial charge in [-0.3, -0.25) is 15.0 Å². The highest BCUT2D eigenvalue weighted by molar-refractivity contribution is 5.80. The third-order valence-corrected chi connectivity index (χ3v) is 5.36. The fraction of sp³-hybridized carbons (Fsp3) is 0.938. The molecule has 1 aliphatic heterocycles. The van der Waals surface area contributed by atoms with Crippen LogP contribution in [0.3, 0.4) is 0 Å². The molecule has 0 amide bonds. The Morgan fingerprint density at radius 1 is 1.43 bits per heavy atom. The lowest BCUT2D eigenvalue weighted by Gasteiger charge is -2.36. The van der Waals surface area contributed by atoms with E-state index in [4.69, 9.17) is 4.74 Å². The summed E-state index contributed by atoms with van der Waals surface area (Å²) in [6.07, 6.45) is 6.45. The molecule has 3 fully saturated rings. The smallest absolute Gasteiger partial charge is 0.324 e. The molecule has 5 heteroatoms. The Bertz CT molecular complexity index is 386. The van der Waals surface area contributed by atoms with Gasteiger partial charge < -0.3 is 9.84 Å². The molecule has 3 atom stereocenters. The van der Waals surface area contributed by atoms with Crippen LogP contribution in [0.2, 0.25) is 0 Å². The summed E-state index contributed by atoms with van der Waals surface area (Å²) in [7, 11) is 0. The Hall–Kier alpha value is -0.650. The number of carboxylic acids is 1. The van der Waals surface area contributed by atoms with Gasteiger partial charge in [-0.1, -0.05) is 6.42 Å². The van der Waals surface area contributed by atoms with Gasteiger partial charge in [-0.05, 0) is 51.5 Å². The molecular weight excluding hydrogens is 268 g/mol. The van der Waals surface area contributed by atoms with Crippen LogP contribution in [0, 0.1) is 5.92 Å². The van der Waals surface area contributed by atoms with Crippen molar-refractivity contribution < 1.29 is 14.6 Å². The normalized spacial score (nSPS) is 37.8. The second kappa shape index (κ2) is 6.23. The van der Waals surface area contributed by atoms with E-state index in [0.29, 0.717) is 12.1 Å². The lowest BCUT2D eigenvalue weighted by Crippen LogP contribution is -2.56.